The first-order valence-corrected chi connectivity index (χ1v) is 3.87. The quantitative estimate of drug-likeness (QED) is 0.623. The Morgan fingerprint density at radius 1 is 1.42 bits per heavy atom. The lowest BCUT2D eigenvalue weighted by Gasteiger charge is -2.11. The normalized spacial score (nSPS) is 10.9. The molecule has 0 N–H and O–H groups in total. The van der Waals surface area contributed by atoms with Crippen LogP contribution in [0.1, 0.15) is 26.0 Å². The van der Waals surface area contributed by atoms with Crippen molar-refractivity contribution >= 4 is 0 Å². The van der Waals surface area contributed by atoms with Crippen LogP contribution >= 0.6 is 0 Å². The van der Waals surface area contributed by atoms with E-state index in [-0.39, 0.29) is 0 Å². The molecule has 1 aromatic rings. The largest absolute Gasteiger partial charge is 0.423 e. The van der Waals surface area contributed by atoms with Gasteiger partial charge in [0.05, 0.1) is 0 Å². The molecule has 0 fully saturated rings. The first-order valence-electron chi connectivity index (χ1n) is 3.87. The Morgan fingerprint density at radius 2 is 2.08 bits per heavy atom. The molecule has 0 aliphatic rings. The highest BCUT2D eigenvalue weighted by atomic mass is 16.7. The van der Waals surface area contributed by atoms with E-state index in [0.29, 0.717) is 19.1 Å². The van der Waals surface area contributed by atoms with Gasteiger partial charge in [-0.2, -0.15) is 0 Å². The fourth-order valence-electron chi connectivity index (χ4n) is 0.778. The molecule has 0 atom stereocenters. The van der Waals surface area contributed by atoms with Gasteiger partial charge in [-0.3, -0.25) is 0 Å². The molecule has 1 aromatic heterocycles. The lowest BCUT2D eigenvalue weighted by Crippen LogP contribution is -2.09. The van der Waals surface area contributed by atoms with Gasteiger partial charge in [0.1, 0.15) is 0 Å². The predicted octanol–water partition coefficient (Wildman–Crippen LogP) is 1.14. The smallest absolute Gasteiger partial charge is 0.272 e. The summed E-state index contributed by atoms with van der Waals surface area (Å²) in [4.78, 5) is 0. The SMILES string of the molecule is CCOC(OCC)c1nnco1. The molecule has 0 aliphatic heterocycles. The Labute approximate surface area is 70.7 Å². The van der Waals surface area contributed by atoms with E-state index in [9.17, 15) is 0 Å². The summed E-state index contributed by atoms with van der Waals surface area (Å²) < 4.78 is 15.3. The molecule has 0 saturated carbocycles. The zero-order valence-corrected chi connectivity index (χ0v) is 7.19. The topological polar surface area (TPSA) is 57.4 Å². The highest BCUT2D eigenvalue weighted by molar-refractivity contribution is 4.74. The molecular weight excluding hydrogens is 160 g/mol. The van der Waals surface area contributed by atoms with Crippen LogP contribution in [-0.4, -0.2) is 23.4 Å². The Morgan fingerprint density at radius 3 is 2.50 bits per heavy atom. The summed E-state index contributed by atoms with van der Waals surface area (Å²) in [6.07, 6.45) is 0.725. The Hall–Kier alpha value is -0.940. The van der Waals surface area contributed by atoms with Gasteiger partial charge in [0.15, 0.2) is 0 Å². The third-order valence-corrected chi connectivity index (χ3v) is 1.21. The summed E-state index contributed by atoms with van der Waals surface area (Å²) in [5.41, 5.74) is 0. The number of ether oxygens (including phenoxy) is 2. The minimum atomic E-state index is -0.525. The van der Waals surface area contributed by atoms with Gasteiger partial charge in [0.25, 0.3) is 5.89 Å². The summed E-state index contributed by atoms with van der Waals surface area (Å²) in [7, 11) is 0. The Kier molecular flexibility index (Phi) is 3.69. The maximum absolute atomic E-state index is 5.21. The molecular formula is C7H12N2O3. The highest BCUT2D eigenvalue weighted by Gasteiger charge is 2.16. The summed E-state index contributed by atoms with van der Waals surface area (Å²) in [5, 5.41) is 7.22. The van der Waals surface area contributed by atoms with E-state index in [4.69, 9.17) is 13.9 Å². The van der Waals surface area contributed by atoms with Crippen LogP contribution in [0, 0.1) is 0 Å². The van der Waals surface area contributed by atoms with Crippen LogP contribution in [0.3, 0.4) is 0 Å². The standard InChI is InChI=1S/C7H12N2O3/c1-3-10-7(11-4-2)6-9-8-5-12-6/h5,7H,3-4H2,1-2H3. The van der Waals surface area contributed by atoms with E-state index < -0.39 is 6.29 Å². The minimum Gasteiger partial charge on any atom is -0.423 e. The molecule has 68 valence electrons. The Balaban J connectivity index is 2.53. The molecule has 0 bridgehead atoms. The number of hydrogen-bond acceptors (Lipinski definition) is 5. The van der Waals surface area contributed by atoms with Gasteiger partial charge >= 0.3 is 0 Å². The van der Waals surface area contributed by atoms with Gasteiger partial charge in [-0.15, -0.1) is 10.2 Å². The zero-order chi connectivity index (χ0) is 8.81. The highest BCUT2D eigenvalue weighted by Crippen LogP contribution is 2.15. The van der Waals surface area contributed by atoms with Gasteiger partial charge < -0.3 is 13.9 Å². The van der Waals surface area contributed by atoms with Crippen LogP contribution in [0.4, 0.5) is 0 Å². The summed E-state index contributed by atoms with van der Waals surface area (Å²) >= 11 is 0. The van der Waals surface area contributed by atoms with Crippen LogP contribution in [-0.2, 0) is 9.47 Å². The van der Waals surface area contributed by atoms with Gasteiger partial charge in [-0.1, -0.05) is 0 Å². The Bertz CT molecular complexity index is 194. The summed E-state index contributed by atoms with van der Waals surface area (Å²) in [6.45, 7) is 4.85. The third kappa shape index (κ3) is 2.28. The van der Waals surface area contributed by atoms with Gasteiger partial charge in [-0.05, 0) is 13.8 Å². The number of aromatic nitrogens is 2. The van der Waals surface area contributed by atoms with Crippen molar-refractivity contribution in [2.24, 2.45) is 0 Å². The average molecular weight is 172 g/mol. The van der Waals surface area contributed by atoms with Crippen molar-refractivity contribution in [3.05, 3.63) is 12.3 Å². The molecule has 0 radical (unpaired) electrons. The molecule has 0 aliphatic carbocycles. The molecule has 1 heterocycles. The van der Waals surface area contributed by atoms with Gasteiger partial charge in [0, 0.05) is 13.2 Å². The lowest BCUT2D eigenvalue weighted by molar-refractivity contribution is -0.153. The van der Waals surface area contributed by atoms with Crippen molar-refractivity contribution in [1.82, 2.24) is 10.2 Å². The molecule has 5 heteroatoms. The second kappa shape index (κ2) is 4.84. The molecule has 1 rings (SSSR count). The van der Waals surface area contributed by atoms with E-state index in [1.165, 1.54) is 6.39 Å². The van der Waals surface area contributed by atoms with E-state index >= 15 is 0 Å². The van der Waals surface area contributed by atoms with Gasteiger partial charge in [0.2, 0.25) is 12.7 Å². The fraction of sp³-hybridized carbons (Fsp3) is 0.714. The van der Waals surface area contributed by atoms with Crippen molar-refractivity contribution in [2.75, 3.05) is 13.2 Å². The maximum Gasteiger partial charge on any atom is 0.272 e. The molecule has 0 saturated heterocycles. The molecule has 5 nitrogen and oxygen atoms in total. The van der Waals surface area contributed by atoms with E-state index in [1.54, 1.807) is 0 Å². The van der Waals surface area contributed by atoms with Crippen LogP contribution < -0.4 is 0 Å². The fourth-order valence-corrected chi connectivity index (χ4v) is 0.778. The maximum atomic E-state index is 5.21. The van der Waals surface area contributed by atoms with E-state index in [1.807, 2.05) is 13.8 Å². The van der Waals surface area contributed by atoms with E-state index in [0.717, 1.165) is 0 Å². The second-order valence-electron chi connectivity index (χ2n) is 2.02. The van der Waals surface area contributed by atoms with Crippen LogP contribution in [0.5, 0.6) is 0 Å². The minimum absolute atomic E-state index is 0.360. The zero-order valence-electron chi connectivity index (χ0n) is 7.19. The molecule has 0 aromatic carbocycles. The van der Waals surface area contributed by atoms with Crippen molar-refractivity contribution in [3.8, 4) is 0 Å². The van der Waals surface area contributed by atoms with Crippen molar-refractivity contribution < 1.29 is 13.9 Å². The monoisotopic (exact) mass is 172 g/mol. The third-order valence-electron chi connectivity index (χ3n) is 1.21. The first-order chi connectivity index (χ1) is 5.88. The van der Waals surface area contributed by atoms with Crippen LogP contribution in [0.2, 0.25) is 0 Å². The van der Waals surface area contributed by atoms with Crippen molar-refractivity contribution in [3.63, 3.8) is 0 Å². The second-order valence-corrected chi connectivity index (χ2v) is 2.02. The number of hydrogen-bond donors (Lipinski definition) is 0. The molecule has 0 amide bonds. The lowest BCUT2D eigenvalue weighted by atomic mass is 10.6. The molecule has 0 spiro atoms. The first kappa shape index (κ1) is 9.15. The van der Waals surface area contributed by atoms with Crippen molar-refractivity contribution in [2.45, 2.75) is 20.1 Å². The van der Waals surface area contributed by atoms with E-state index in [2.05, 4.69) is 10.2 Å². The molecule has 0 unspecified atom stereocenters. The van der Waals surface area contributed by atoms with Gasteiger partial charge in [-0.25, -0.2) is 0 Å². The van der Waals surface area contributed by atoms with Crippen LogP contribution in [0.25, 0.3) is 0 Å². The van der Waals surface area contributed by atoms with Crippen LogP contribution in [0.15, 0.2) is 10.8 Å². The number of nitrogens with zero attached hydrogens (tertiary/aromatic N) is 2. The van der Waals surface area contributed by atoms with Crippen molar-refractivity contribution in [1.29, 1.82) is 0 Å². The number of rotatable bonds is 5. The predicted molar refractivity (Wildman–Crippen MR) is 40.3 cm³/mol. The summed E-state index contributed by atoms with van der Waals surface area (Å²) in [6, 6.07) is 0. The molecule has 12 heavy (non-hydrogen) atoms. The summed E-state index contributed by atoms with van der Waals surface area (Å²) in [5.74, 6) is 0.360. The average Bonchev–Trinajstić information content (AvgIpc) is 2.56.